The maximum absolute atomic E-state index is 12.7. The maximum Gasteiger partial charge on any atom is 0.226 e. The Morgan fingerprint density at radius 3 is 2.96 bits per heavy atom. The fraction of sp³-hybridized carbons (Fsp3) is 0.667. The van der Waals surface area contributed by atoms with Crippen LogP contribution in [-0.4, -0.2) is 51.4 Å². The monoisotopic (exact) mass is 316 g/mol. The molecule has 5 nitrogen and oxygen atoms in total. The Hall–Kier alpha value is -1.62. The van der Waals surface area contributed by atoms with Crippen LogP contribution in [0, 0.1) is 5.92 Å². The first-order chi connectivity index (χ1) is 11.3. The van der Waals surface area contributed by atoms with Gasteiger partial charge in [0.05, 0.1) is 6.54 Å². The van der Waals surface area contributed by atoms with E-state index in [4.69, 9.17) is 0 Å². The van der Waals surface area contributed by atoms with Crippen molar-refractivity contribution in [2.45, 2.75) is 45.7 Å². The highest BCUT2D eigenvalue weighted by Gasteiger charge is 2.26. The van der Waals surface area contributed by atoms with Gasteiger partial charge in [-0.15, -0.1) is 0 Å². The van der Waals surface area contributed by atoms with E-state index in [0.29, 0.717) is 5.91 Å². The number of imidazole rings is 1. The first-order valence-corrected chi connectivity index (χ1v) is 8.94. The van der Waals surface area contributed by atoms with Gasteiger partial charge >= 0.3 is 0 Å². The van der Waals surface area contributed by atoms with Gasteiger partial charge in [-0.05, 0) is 32.6 Å². The molecule has 1 fully saturated rings. The van der Waals surface area contributed by atoms with E-state index in [1.807, 2.05) is 12.4 Å². The number of hydrogen-bond acceptors (Lipinski definition) is 3. The quantitative estimate of drug-likeness (QED) is 0.800. The molecular weight excluding hydrogens is 288 g/mol. The van der Waals surface area contributed by atoms with Crippen LogP contribution in [0.2, 0.25) is 0 Å². The van der Waals surface area contributed by atoms with Crippen molar-refractivity contribution in [3.05, 3.63) is 30.4 Å². The summed E-state index contributed by atoms with van der Waals surface area (Å²) in [5.74, 6) is 1.71. The van der Waals surface area contributed by atoms with Crippen molar-refractivity contribution in [3.63, 3.8) is 0 Å². The van der Waals surface area contributed by atoms with Crippen molar-refractivity contribution in [2.24, 2.45) is 5.92 Å². The third kappa shape index (κ3) is 4.02. The van der Waals surface area contributed by atoms with Crippen LogP contribution in [0.25, 0.3) is 0 Å². The number of allylic oxidation sites excluding steroid dienone is 2. The number of aryl methyl sites for hydroxylation is 1. The Morgan fingerprint density at radius 1 is 1.26 bits per heavy atom. The maximum atomic E-state index is 12.7. The number of carbonyl (C=O) groups is 1. The fourth-order valence-electron chi connectivity index (χ4n) is 3.61. The van der Waals surface area contributed by atoms with Crippen molar-refractivity contribution in [3.8, 4) is 0 Å². The molecule has 1 saturated heterocycles. The second kappa shape index (κ2) is 7.77. The third-order valence-electron chi connectivity index (χ3n) is 5.03. The molecule has 1 unspecified atom stereocenters. The average molecular weight is 316 g/mol. The summed E-state index contributed by atoms with van der Waals surface area (Å²) < 4.78 is 2.20. The van der Waals surface area contributed by atoms with Crippen molar-refractivity contribution >= 4 is 5.91 Å². The summed E-state index contributed by atoms with van der Waals surface area (Å²) in [4.78, 5) is 21.7. The summed E-state index contributed by atoms with van der Waals surface area (Å²) in [7, 11) is 0. The smallest absolute Gasteiger partial charge is 0.226 e. The second-order valence-corrected chi connectivity index (χ2v) is 6.57. The van der Waals surface area contributed by atoms with Gasteiger partial charge in [-0.2, -0.15) is 0 Å². The van der Waals surface area contributed by atoms with Gasteiger partial charge in [0.1, 0.15) is 5.82 Å². The zero-order chi connectivity index (χ0) is 16.1. The fourth-order valence-corrected chi connectivity index (χ4v) is 3.61. The van der Waals surface area contributed by atoms with Gasteiger partial charge in [0.2, 0.25) is 5.91 Å². The summed E-state index contributed by atoms with van der Waals surface area (Å²) in [5.41, 5.74) is 0. The van der Waals surface area contributed by atoms with Gasteiger partial charge in [-0.1, -0.05) is 12.2 Å². The molecule has 1 atom stereocenters. The van der Waals surface area contributed by atoms with Crippen LogP contribution in [0.1, 0.15) is 38.4 Å². The highest BCUT2D eigenvalue weighted by atomic mass is 16.2. The highest BCUT2D eigenvalue weighted by Crippen LogP contribution is 2.21. The van der Waals surface area contributed by atoms with Gasteiger partial charge in [0.25, 0.3) is 0 Å². The third-order valence-corrected chi connectivity index (χ3v) is 5.03. The number of rotatable bonds is 4. The number of amides is 1. The van der Waals surface area contributed by atoms with Crippen LogP contribution in [0.5, 0.6) is 0 Å². The van der Waals surface area contributed by atoms with E-state index in [-0.39, 0.29) is 5.92 Å². The van der Waals surface area contributed by atoms with Crippen LogP contribution in [0.4, 0.5) is 0 Å². The normalized spacial score (nSPS) is 23.0. The van der Waals surface area contributed by atoms with E-state index in [1.165, 1.54) is 0 Å². The van der Waals surface area contributed by atoms with Crippen molar-refractivity contribution in [1.82, 2.24) is 19.4 Å². The molecule has 0 bridgehead atoms. The standard InChI is InChI=1S/C18H28N4O/c1-2-21-12-9-19-17(21)15-20-10-6-11-22(14-13-20)18(23)16-7-4-3-5-8-16/h3-4,9,12,16H,2,5-8,10-11,13-15H2,1H3. The van der Waals surface area contributed by atoms with E-state index in [9.17, 15) is 4.79 Å². The number of aromatic nitrogens is 2. The summed E-state index contributed by atoms with van der Waals surface area (Å²) in [5, 5.41) is 0. The molecule has 2 heterocycles. The van der Waals surface area contributed by atoms with Gasteiger partial charge in [-0.25, -0.2) is 4.98 Å². The minimum absolute atomic E-state index is 0.213. The Labute approximate surface area is 139 Å². The number of carbonyl (C=O) groups excluding carboxylic acids is 1. The van der Waals surface area contributed by atoms with E-state index >= 15 is 0 Å². The lowest BCUT2D eigenvalue weighted by atomic mass is 9.93. The molecule has 1 aliphatic carbocycles. The summed E-state index contributed by atoms with van der Waals surface area (Å²) >= 11 is 0. The summed E-state index contributed by atoms with van der Waals surface area (Å²) in [6.45, 7) is 7.74. The van der Waals surface area contributed by atoms with Crippen molar-refractivity contribution < 1.29 is 4.79 Å². The average Bonchev–Trinajstić information content (AvgIpc) is 2.91. The molecule has 1 aromatic rings. The van der Waals surface area contributed by atoms with Crippen LogP contribution < -0.4 is 0 Å². The summed E-state index contributed by atoms with van der Waals surface area (Å²) in [6.07, 6.45) is 12.3. The molecule has 0 radical (unpaired) electrons. The van der Waals surface area contributed by atoms with Crippen LogP contribution in [-0.2, 0) is 17.9 Å². The SMILES string of the molecule is CCn1ccnc1CN1CCCN(C(=O)C2CC=CCC2)CC1. The minimum atomic E-state index is 0.213. The number of hydrogen-bond donors (Lipinski definition) is 0. The van der Waals surface area contributed by atoms with Gasteiger partial charge in [0, 0.05) is 51.0 Å². The molecule has 3 rings (SSSR count). The Morgan fingerprint density at radius 2 is 2.17 bits per heavy atom. The first kappa shape index (κ1) is 16.2. The summed E-state index contributed by atoms with van der Waals surface area (Å²) in [6, 6.07) is 0. The van der Waals surface area contributed by atoms with E-state index in [2.05, 4.69) is 38.4 Å². The topological polar surface area (TPSA) is 41.4 Å². The zero-order valence-electron chi connectivity index (χ0n) is 14.2. The predicted molar refractivity (Wildman–Crippen MR) is 90.9 cm³/mol. The Kier molecular flexibility index (Phi) is 5.49. The van der Waals surface area contributed by atoms with Crippen LogP contribution in [0.15, 0.2) is 24.5 Å². The zero-order valence-corrected chi connectivity index (χ0v) is 14.2. The molecule has 126 valence electrons. The van der Waals surface area contributed by atoms with Crippen molar-refractivity contribution in [2.75, 3.05) is 26.2 Å². The first-order valence-electron chi connectivity index (χ1n) is 8.94. The molecule has 2 aliphatic rings. The lowest BCUT2D eigenvalue weighted by Crippen LogP contribution is -2.39. The number of nitrogens with zero attached hydrogens (tertiary/aromatic N) is 4. The highest BCUT2D eigenvalue weighted by molar-refractivity contribution is 5.79. The van der Waals surface area contributed by atoms with Crippen LogP contribution in [0.3, 0.4) is 0 Å². The molecule has 0 aromatic carbocycles. The molecule has 0 N–H and O–H groups in total. The van der Waals surface area contributed by atoms with Crippen LogP contribution >= 0.6 is 0 Å². The molecule has 0 saturated carbocycles. The Balaban J connectivity index is 1.54. The predicted octanol–water partition coefficient (Wildman–Crippen LogP) is 2.29. The minimum Gasteiger partial charge on any atom is -0.341 e. The second-order valence-electron chi connectivity index (χ2n) is 6.57. The molecular formula is C18H28N4O. The molecule has 1 aromatic heterocycles. The molecule has 1 aliphatic heterocycles. The van der Waals surface area contributed by atoms with Gasteiger partial charge in [-0.3, -0.25) is 9.69 Å². The molecule has 5 heteroatoms. The molecule has 23 heavy (non-hydrogen) atoms. The molecule has 0 spiro atoms. The molecule has 1 amide bonds. The largest absolute Gasteiger partial charge is 0.341 e. The van der Waals surface area contributed by atoms with Gasteiger partial charge in [0.15, 0.2) is 0 Å². The van der Waals surface area contributed by atoms with E-state index in [1.54, 1.807) is 0 Å². The van der Waals surface area contributed by atoms with Gasteiger partial charge < -0.3 is 9.47 Å². The van der Waals surface area contributed by atoms with Crippen molar-refractivity contribution in [1.29, 1.82) is 0 Å². The Bertz CT molecular complexity index is 551. The van der Waals surface area contributed by atoms with E-state index < -0.39 is 0 Å². The lowest BCUT2D eigenvalue weighted by Gasteiger charge is -2.27. The lowest BCUT2D eigenvalue weighted by molar-refractivity contribution is -0.135. The van der Waals surface area contributed by atoms with E-state index in [0.717, 1.165) is 70.8 Å².